The second kappa shape index (κ2) is 9.77. The lowest BCUT2D eigenvalue weighted by Crippen LogP contribution is -2.46. The molecular weight excluding hydrogens is 392 g/mol. The van der Waals surface area contributed by atoms with Gasteiger partial charge in [0, 0.05) is 17.5 Å². The van der Waals surface area contributed by atoms with Crippen molar-refractivity contribution in [2.45, 2.75) is 45.1 Å². The van der Waals surface area contributed by atoms with Crippen LogP contribution in [0, 0.1) is 12.8 Å². The largest absolute Gasteiger partial charge is 0.454 e. The van der Waals surface area contributed by atoms with Crippen molar-refractivity contribution in [3.05, 3.63) is 71.3 Å². The second-order valence-electron chi connectivity index (χ2n) is 8.54. The SMILES string of the molecule is Cc1ccccc1C(=O)N[C@H](C(=O)OCC(=O)NCC1(c2ccccc2)CC1)C(C)C. The Morgan fingerprint density at radius 1 is 1.00 bits per heavy atom. The van der Waals surface area contributed by atoms with Crippen LogP contribution in [0.25, 0.3) is 0 Å². The quantitative estimate of drug-likeness (QED) is 0.608. The van der Waals surface area contributed by atoms with Gasteiger partial charge >= 0.3 is 5.97 Å². The summed E-state index contributed by atoms with van der Waals surface area (Å²) in [5, 5.41) is 5.62. The first-order valence-electron chi connectivity index (χ1n) is 10.7. The number of nitrogens with one attached hydrogen (secondary N) is 2. The molecule has 6 nitrogen and oxygen atoms in total. The van der Waals surface area contributed by atoms with E-state index >= 15 is 0 Å². The maximum atomic E-state index is 12.6. The fourth-order valence-corrected chi connectivity index (χ4v) is 3.60. The fourth-order valence-electron chi connectivity index (χ4n) is 3.60. The fraction of sp³-hybridized carbons (Fsp3) is 0.400. The van der Waals surface area contributed by atoms with Crippen molar-refractivity contribution in [2.75, 3.05) is 13.2 Å². The maximum absolute atomic E-state index is 12.6. The van der Waals surface area contributed by atoms with Gasteiger partial charge < -0.3 is 15.4 Å². The lowest BCUT2D eigenvalue weighted by molar-refractivity contribution is -0.151. The summed E-state index contributed by atoms with van der Waals surface area (Å²) in [5.74, 6) is -1.48. The number of hydrogen-bond acceptors (Lipinski definition) is 4. The molecule has 0 aliphatic heterocycles. The first kappa shape index (κ1) is 22.5. The van der Waals surface area contributed by atoms with Crippen molar-refractivity contribution in [3.8, 4) is 0 Å². The van der Waals surface area contributed by atoms with E-state index in [4.69, 9.17) is 4.74 Å². The highest BCUT2D eigenvalue weighted by Crippen LogP contribution is 2.47. The van der Waals surface area contributed by atoms with Gasteiger partial charge in [-0.15, -0.1) is 0 Å². The van der Waals surface area contributed by atoms with E-state index in [-0.39, 0.29) is 29.8 Å². The summed E-state index contributed by atoms with van der Waals surface area (Å²) in [6, 6.07) is 16.4. The minimum Gasteiger partial charge on any atom is -0.454 e. The van der Waals surface area contributed by atoms with Crippen molar-refractivity contribution < 1.29 is 19.1 Å². The number of hydrogen-bond donors (Lipinski definition) is 2. The van der Waals surface area contributed by atoms with Crippen LogP contribution in [0.2, 0.25) is 0 Å². The van der Waals surface area contributed by atoms with Crippen LogP contribution in [0.3, 0.4) is 0 Å². The first-order chi connectivity index (χ1) is 14.8. The zero-order valence-corrected chi connectivity index (χ0v) is 18.3. The third kappa shape index (κ3) is 5.72. The molecule has 0 saturated heterocycles. The van der Waals surface area contributed by atoms with Crippen LogP contribution in [0.1, 0.15) is 48.2 Å². The van der Waals surface area contributed by atoms with Crippen LogP contribution >= 0.6 is 0 Å². The number of rotatable bonds is 9. The van der Waals surface area contributed by atoms with Crippen LogP contribution in [-0.2, 0) is 19.7 Å². The number of esters is 1. The smallest absolute Gasteiger partial charge is 0.329 e. The van der Waals surface area contributed by atoms with Gasteiger partial charge in [0.05, 0.1) is 0 Å². The molecule has 1 saturated carbocycles. The molecule has 0 aromatic heterocycles. The van der Waals surface area contributed by atoms with Gasteiger partial charge in [-0.2, -0.15) is 0 Å². The van der Waals surface area contributed by atoms with Gasteiger partial charge in [0.25, 0.3) is 11.8 Å². The topological polar surface area (TPSA) is 84.5 Å². The Morgan fingerprint density at radius 2 is 1.65 bits per heavy atom. The second-order valence-corrected chi connectivity index (χ2v) is 8.54. The van der Waals surface area contributed by atoms with Gasteiger partial charge in [-0.25, -0.2) is 4.79 Å². The molecule has 2 amide bonds. The molecule has 0 unspecified atom stereocenters. The average Bonchev–Trinajstić information content (AvgIpc) is 3.56. The lowest BCUT2D eigenvalue weighted by Gasteiger charge is -2.21. The monoisotopic (exact) mass is 422 g/mol. The standard InChI is InChI=1S/C25H30N2O4/c1-17(2)22(27-23(29)20-12-8-7-9-18(20)3)24(30)31-15-21(28)26-16-25(13-14-25)19-10-5-4-6-11-19/h4-12,17,22H,13-16H2,1-3H3,(H,26,28)(H,27,29)/t22-/m0/s1. The van der Waals surface area contributed by atoms with Crippen LogP contribution < -0.4 is 10.6 Å². The molecule has 31 heavy (non-hydrogen) atoms. The lowest BCUT2D eigenvalue weighted by atomic mass is 9.96. The number of aryl methyl sites for hydroxylation is 1. The summed E-state index contributed by atoms with van der Waals surface area (Å²) in [7, 11) is 0. The molecule has 1 atom stereocenters. The summed E-state index contributed by atoms with van der Waals surface area (Å²) in [6.07, 6.45) is 2.05. The molecule has 0 radical (unpaired) electrons. The molecule has 164 valence electrons. The summed E-state index contributed by atoms with van der Waals surface area (Å²) in [6.45, 7) is 5.63. The maximum Gasteiger partial charge on any atom is 0.329 e. The van der Waals surface area contributed by atoms with Crippen LogP contribution in [0.4, 0.5) is 0 Å². The van der Waals surface area contributed by atoms with E-state index in [0.29, 0.717) is 12.1 Å². The van der Waals surface area contributed by atoms with Crippen molar-refractivity contribution >= 4 is 17.8 Å². The van der Waals surface area contributed by atoms with Gasteiger partial charge in [-0.1, -0.05) is 62.4 Å². The molecule has 2 N–H and O–H groups in total. The van der Waals surface area contributed by atoms with Crippen LogP contribution in [-0.4, -0.2) is 37.0 Å². The Hall–Kier alpha value is -3.15. The summed E-state index contributed by atoms with van der Waals surface area (Å²) >= 11 is 0. The van der Waals surface area contributed by atoms with Crippen molar-refractivity contribution in [1.29, 1.82) is 0 Å². The Morgan fingerprint density at radius 3 is 2.26 bits per heavy atom. The average molecular weight is 423 g/mol. The molecule has 6 heteroatoms. The number of carbonyl (C=O) groups is 3. The molecule has 1 aliphatic rings. The molecular formula is C25H30N2O4. The summed E-state index contributed by atoms with van der Waals surface area (Å²) in [4.78, 5) is 37.4. The van der Waals surface area contributed by atoms with Gasteiger partial charge in [-0.3, -0.25) is 9.59 Å². The minimum atomic E-state index is -0.834. The molecule has 1 aliphatic carbocycles. The third-order valence-electron chi connectivity index (χ3n) is 5.81. The van der Waals surface area contributed by atoms with Crippen molar-refractivity contribution in [3.63, 3.8) is 0 Å². The summed E-state index contributed by atoms with van der Waals surface area (Å²) < 4.78 is 5.22. The highest BCUT2D eigenvalue weighted by Gasteiger charge is 2.44. The van der Waals surface area contributed by atoms with Crippen molar-refractivity contribution in [2.24, 2.45) is 5.92 Å². The highest BCUT2D eigenvalue weighted by molar-refractivity contribution is 5.98. The van der Waals surface area contributed by atoms with E-state index in [1.165, 1.54) is 5.56 Å². The van der Waals surface area contributed by atoms with E-state index in [2.05, 4.69) is 22.8 Å². The predicted molar refractivity (Wildman–Crippen MR) is 119 cm³/mol. The zero-order chi connectivity index (χ0) is 22.4. The number of carbonyl (C=O) groups excluding carboxylic acids is 3. The minimum absolute atomic E-state index is 0.0110. The van der Waals surface area contributed by atoms with E-state index in [9.17, 15) is 14.4 Å². The van der Waals surface area contributed by atoms with E-state index in [1.54, 1.807) is 12.1 Å². The van der Waals surface area contributed by atoms with Gasteiger partial charge in [0.15, 0.2) is 6.61 Å². The molecule has 0 bridgehead atoms. The predicted octanol–water partition coefficient (Wildman–Crippen LogP) is 3.14. The Balaban J connectivity index is 1.50. The number of amides is 2. The number of benzene rings is 2. The zero-order valence-electron chi connectivity index (χ0n) is 18.3. The van der Waals surface area contributed by atoms with Gasteiger partial charge in [0.1, 0.15) is 6.04 Å². The van der Waals surface area contributed by atoms with Crippen LogP contribution in [0.15, 0.2) is 54.6 Å². The van der Waals surface area contributed by atoms with Crippen LogP contribution in [0.5, 0.6) is 0 Å². The Bertz CT molecular complexity index is 936. The molecule has 0 heterocycles. The normalized spacial score (nSPS) is 15.1. The molecule has 2 aromatic carbocycles. The molecule has 2 aromatic rings. The number of ether oxygens (including phenoxy) is 1. The molecule has 0 spiro atoms. The summed E-state index contributed by atoms with van der Waals surface area (Å²) in [5.41, 5.74) is 2.53. The Labute approximate surface area is 183 Å². The Kier molecular flexibility index (Phi) is 7.10. The molecule has 3 rings (SSSR count). The third-order valence-corrected chi connectivity index (χ3v) is 5.81. The first-order valence-corrected chi connectivity index (χ1v) is 10.7. The highest BCUT2D eigenvalue weighted by atomic mass is 16.5. The van der Waals surface area contributed by atoms with E-state index in [1.807, 2.05) is 51.1 Å². The van der Waals surface area contributed by atoms with E-state index < -0.39 is 12.0 Å². The van der Waals surface area contributed by atoms with E-state index in [0.717, 1.165) is 18.4 Å². The van der Waals surface area contributed by atoms with Crippen molar-refractivity contribution in [1.82, 2.24) is 10.6 Å². The molecule has 1 fully saturated rings. The van der Waals surface area contributed by atoms with Gasteiger partial charge in [0.2, 0.25) is 0 Å². The van der Waals surface area contributed by atoms with Gasteiger partial charge in [-0.05, 0) is 42.9 Å².